The number of rotatable bonds is 1. The molecule has 0 atom stereocenters. The monoisotopic (exact) mass is 128 g/mol. The van der Waals surface area contributed by atoms with Crippen LogP contribution in [0.25, 0.3) is 0 Å². The molecule has 0 rings (SSSR count). The molecule has 0 aliphatic carbocycles. The molecule has 50 valence electrons. The summed E-state index contributed by atoms with van der Waals surface area (Å²) >= 11 is 0. The third-order valence-corrected chi connectivity index (χ3v) is 0.642. The first-order chi connectivity index (χ1) is 4.22. The minimum atomic E-state index is -0.648. The molecular formula is C4H8N4O. The van der Waals surface area contributed by atoms with E-state index in [0.29, 0.717) is 0 Å². The molecule has 0 aliphatic rings. The van der Waals surface area contributed by atoms with Crippen LogP contribution in [0.3, 0.4) is 0 Å². The Kier molecular flexibility index (Phi) is 3.04. The summed E-state index contributed by atoms with van der Waals surface area (Å²) in [6, 6.07) is 0. The highest BCUT2D eigenvalue weighted by Gasteiger charge is 2.00. The quantitative estimate of drug-likeness (QED) is 0.261. The van der Waals surface area contributed by atoms with Crippen molar-refractivity contribution >= 4 is 18.5 Å². The summed E-state index contributed by atoms with van der Waals surface area (Å²) < 4.78 is 0. The van der Waals surface area contributed by atoms with Gasteiger partial charge in [-0.1, -0.05) is 0 Å². The highest BCUT2D eigenvalue weighted by atomic mass is 16.1. The summed E-state index contributed by atoms with van der Waals surface area (Å²) in [5.74, 6) is -0.644. The van der Waals surface area contributed by atoms with E-state index < -0.39 is 5.91 Å². The molecule has 0 aromatic heterocycles. The largest absolute Gasteiger partial charge is 0.363 e. The molecule has 5 heteroatoms. The number of nitrogens with zero attached hydrogens (tertiary/aromatic N) is 2. The van der Waals surface area contributed by atoms with E-state index in [1.165, 1.54) is 7.05 Å². The van der Waals surface area contributed by atoms with Crippen molar-refractivity contribution in [3.63, 3.8) is 0 Å². The Bertz CT molecular complexity index is 151. The third-order valence-electron chi connectivity index (χ3n) is 0.642. The highest BCUT2D eigenvalue weighted by molar-refractivity contribution is 6.37. The zero-order valence-corrected chi connectivity index (χ0v) is 5.09. The first kappa shape index (κ1) is 7.61. The zero-order chi connectivity index (χ0) is 7.28. The van der Waals surface area contributed by atoms with Crippen LogP contribution in [0.4, 0.5) is 0 Å². The molecule has 5 nitrogen and oxygen atoms in total. The molecule has 0 saturated heterocycles. The highest BCUT2D eigenvalue weighted by Crippen LogP contribution is 1.67. The van der Waals surface area contributed by atoms with Crippen LogP contribution in [0, 0.1) is 0 Å². The molecule has 0 heterocycles. The second kappa shape index (κ2) is 3.59. The normalized spacial score (nSPS) is 10.6. The van der Waals surface area contributed by atoms with Crippen molar-refractivity contribution in [1.29, 1.82) is 0 Å². The Morgan fingerprint density at radius 1 is 1.78 bits per heavy atom. The van der Waals surface area contributed by atoms with E-state index >= 15 is 0 Å². The topological polar surface area (TPSA) is 79.8 Å². The number of hydrogen-bond donors (Lipinski definition) is 2. The second-order valence-corrected chi connectivity index (χ2v) is 1.21. The van der Waals surface area contributed by atoms with E-state index in [-0.39, 0.29) is 5.84 Å². The number of carbonyl (C=O) groups excluding carboxylic acids is 1. The maximum absolute atomic E-state index is 10.3. The number of aliphatic imine (C=N–C) groups is 1. The number of nitrogens with one attached hydrogen (secondary N) is 1. The molecule has 9 heavy (non-hydrogen) atoms. The Balaban J connectivity index is 4.00. The molecule has 3 N–H and O–H groups in total. The van der Waals surface area contributed by atoms with Gasteiger partial charge in [0.05, 0.1) is 0 Å². The molecule has 0 radical (unpaired) electrons. The predicted molar refractivity (Wildman–Crippen MR) is 35.2 cm³/mol. The van der Waals surface area contributed by atoms with Crippen LogP contribution in [0.2, 0.25) is 0 Å². The molecule has 0 bridgehead atoms. The van der Waals surface area contributed by atoms with Gasteiger partial charge in [0.15, 0.2) is 0 Å². The number of amidine groups is 1. The SMILES string of the molecule is C=NNC(=NC)C(N)=O. The average Bonchev–Trinajstić information content (AvgIpc) is 1.82. The van der Waals surface area contributed by atoms with Crippen LogP contribution in [-0.2, 0) is 4.79 Å². The van der Waals surface area contributed by atoms with E-state index in [1.54, 1.807) is 0 Å². The van der Waals surface area contributed by atoms with Gasteiger partial charge in [0.1, 0.15) is 0 Å². The summed E-state index contributed by atoms with van der Waals surface area (Å²) in [6.45, 7) is 3.08. The van der Waals surface area contributed by atoms with Crippen LogP contribution in [0.1, 0.15) is 0 Å². The summed E-state index contributed by atoms with van der Waals surface area (Å²) in [5.41, 5.74) is 7.03. The average molecular weight is 128 g/mol. The van der Waals surface area contributed by atoms with Gasteiger partial charge in [-0.3, -0.25) is 15.2 Å². The van der Waals surface area contributed by atoms with E-state index in [9.17, 15) is 4.79 Å². The fourth-order valence-corrected chi connectivity index (χ4v) is 0.290. The van der Waals surface area contributed by atoms with E-state index in [1.807, 2.05) is 0 Å². The minimum Gasteiger partial charge on any atom is -0.363 e. The second-order valence-electron chi connectivity index (χ2n) is 1.21. The summed E-state index contributed by atoms with van der Waals surface area (Å²) in [6.07, 6.45) is 0. The van der Waals surface area contributed by atoms with Crippen molar-refractivity contribution in [1.82, 2.24) is 5.43 Å². The standard InChI is InChI=1S/C4H8N4O/c1-6-4(3(5)9)8-7-2/h2H2,1H3,(H2,5,9)(H,6,8). The molecule has 0 spiro atoms. The van der Waals surface area contributed by atoms with E-state index in [2.05, 4.69) is 22.2 Å². The zero-order valence-electron chi connectivity index (χ0n) is 5.09. The van der Waals surface area contributed by atoms with Gasteiger partial charge in [0.2, 0.25) is 5.84 Å². The van der Waals surface area contributed by atoms with Gasteiger partial charge in [-0.25, -0.2) is 0 Å². The predicted octanol–water partition coefficient (Wildman–Crippen LogP) is -1.29. The van der Waals surface area contributed by atoms with Gasteiger partial charge < -0.3 is 5.73 Å². The van der Waals surface area contributed by atoms with Gasteiger partial charge in [0.25, 0.3) is 5.91 Å². The Morgan fingerprint density at radius 3 is 2.44 bits per heavy atom. The van der Waals surface area contributed by atoms with Gasteiger partial charge in [-0.15, -0.1) is 0 Å². The number of primary amides is 1. The van der Waals surface area contributed by atoms with Crippen LogP contribution in [-0.4, -0.2) is 25.5 Å². The van der Waals surface area contributed by atoms with Crippen LogP contribution < -0.4 is 11.2 Å². The van der Waals surface area contributed by atoms with Crippen LogP contribution in [0.5, 0.6) is 0 Å². The molecular weight excluding hydrogens is 120 g/mol. The summed E-state index contributed by atoms with van der Waals surface area (Å²) in [7, 11) is 1.43. The Hall–Kier alpha value is -1.39. The fourth-order valence-electron chi connectivity index (χ4n) is 0.290. The number of hydrogen-bond acceptors (Lipinski definition) is 3. The van der Waals surface area contributed by atoms with Gasteiger partial charge in [0, 0.05) is 13.8 Å². The molecule has 0 aromatic rings. The number of nitrogens with two attached hydrogens (primary N) is 1. The van der Waals surface area contributed by atoms with Gasteiger partial charge in [-0.05, 0) is 0 Å². The first-order valence-electron chi connectivity index (χ1n) is 2.20. The lowest BCUT2D eigenvalue weighted by Gasteiger charge is -1.95. The molecule has 0 saturated carbocycles. The Morgan fingerprint density at radius 2 is 2.33 bits per heavy atom. The Labute approximate surface area is 52.6 Å². The maximum atomic E-state index is 10.3. The van der Waals surface area contributed by atoms with E-state index in [4.69, 9.17) is 5.73 Å². The smallest absolute Gasteiger partial charge is 0.285 e. The molecule has 0 aromatic carbocycles. The maximum Gasteiger partial charge on any atom is 0.285 e. The van der Waals surface area contributed by atoms with E-state index in [0.717, 1.165) is 0 Å². The van der Waals surface area contributed by atoms with Gasteiger partial charge in [-0.2, -0.15) is 5.10 Å². The van der Waals surface area contributed by atoms with Crippen molar-refractivity contribution in [2.24, 2.45) is 15.8 Å². The first-order valence-corrected chi connectivity index (χ1v) is 2.20. The summed E-state index contributed by atoms with van der Waals surface area (Å²) in [4.78, 5) is 13.7. The van der Waals surface area contributed by atoms with Crippen molar-refractivity contribution in [2.45, 2.75) is 0 Å². The molecule has 0 fully saturated rings. The van der Waals surface area contributed by atoms with Crippen LogP contribution in [0.15, 0.2) is 10.1 Å². The molecule has 1 amide bonds. The van der Waals surface area contributed by atoms with Gasteiger partial charge >= 0.3 is 0 Å². The molecule has 0 unspecified atom stereocenters. The van der Waals surface area contributed by atoms with Crippen molar-refractivity contribution in [3.8, 4) is 0 Å². The summed E-state index contributed by atoms with van der Waals surface area (Å²) in [5, 5.41) is 3.20. The van der Waals surface area contributed by atoms with Crippen LogP contribution >= 0.6 is 0 Å². The lowest BCUT2D eigenvalue weighted by Crippen LogP contribution is -2.32. The lowest BCUT2D eigenvalue weighted by atomic mass is 10.6. The van der Waals surface area contributed by atoms with Crippen molar-refractivity contribution in [2.75, 3.05) is 7.05 Å². The van der Waals surface area contributed by atoms with Crippen molar-refractivity contribution in [3.05, 3.63) is 0 Å². The molecule has 0 aliphatic heterocycles. The van der Waals surface area contributed by atoms with Crippen molar-refractivity contribution < 1.29 is 4.79 Å². The lowest BCUT2D eigenvalue weighted by molar-refractivity contribution is -0.112. The number of amides is 1. The fraction of sp³-hybridized carbons (Fsp3) is 0.250. The minimum absolute atomic E-state index is 0.00463. The third kappa shape index (κ3) is 2.43. The number of carbonyl (C=O) groups is 1. The number of hydrazone groups is 1.